The molecule has 0 atom stereocenters. The van der Waals surface area contributed by atoms with E-state index in [0.717, 1.165) is 28.9 Å². The minimum absolute atomic E-state index is 0.0506. The number of hydrogen-bond acceptors (Lipinski definition) is 4. The Balaban J connectivity index is 2.22. The number of rotatable bonds is 2. The number of nitrogens with zero attached hydrogens (tertiary/aromatic N) is 2. The molecule has 0 saturated heterocycles. The Bertz CT molecular complexity index is 540. The maximum atomic E-state index is 12.4. The Labute approximate surface area is 105 Å². The van der Waals surface area contributed by atoms with Gasteiger partial charge in [-0.2, -0.15) is 13.2 Å². The predicted octanol–water partition coefficient (Wildman–Crippen LogP) is 3.23. The Kier molecular flexibility index (Phi) is 3.42. The van der Waals surface area contributed by atoms with E-state index < -0.39 is 11.9 Å². The molecule has 2 rings (SSSR count). The van der Waals surface area contributed by atoms with Gasteiger partial charge in [0.2, 0.25) is 0 Å². The Morgan fingerprint density at radius 2 is 1.72 bits per heavy atom. The molecule has 0 amide bonds. The molecule has 0 aliphatic carbocycles. The Morgan fingerprint density at radius 1 is 1.06 bits per heavy atom. The van der Waals surface area contributed by atoms with Crippen LogP contribution < -0.4 is 5.73 Å². The predicted molar refractivity (Wildman–Crippen MR) is 62.0 cm³/mol. The Hall–Kier alpha value is -1.76. The molecule has 0 aliphatic heterocycles. The second kappa shape index (κ2) is 4.85. The lowest BCUT2D eigenvalue weighted by Crippen LogP contribution is -2.08. The van der Waals surface area contributed by atoms with Crippen molar-refractivity contribution < 1.29 is 13.2 Å². The van der Waals surface area contributed by atoms with Crippen LogP contribution in [0.4, 0.5) is 18.9 Å². The van der Waals surface area contributed by atoms with Gasteiger partial charge in [0.15, 0.2) is 5.16 Å². The smallest absolute Gasteiger partial charge is 0.399 e. The number of hydrogen-bond donors (Lipinski definition) is 1. The molecule has 0 fully saturated rings. The van der Waals surface area contributed by atoms with Crippen LogP contribution in [0.1, 0.15) is 5.69 Å². The van der Waals surface area contributed by atoms with E-state index in [-0.39, 0.29) is 5.16 Å². The topological polar surface area (TPSA) is 51.8 Å². The monoisotopic (exact) mass is 271 g/mol. The molecule has 0 unspecified atom stereocenters. The van der Waals surface area contributed by atoms with E-state index in [1.807, 2.05) is 0 Å². The molecule has 0 bridgehead atoms. The number of alkyl halides is 3. The lowest BCUT2D eigenvalue weighted by atomic mass is 10.3. The maximum absolute atomic E-state index is 12.4. The second-order valence-corrected chi connectivity index (χ2v) is 4.43. The van der Waals surface area contributed by atoms with Crippen molar-refractivity contribution in [1.29, 1.82) is 0 Å². The van der Waals surface area contributed by atoms with Crippen molar-refractivity contribution in [2.45, 2.75) is 16.2 Å². The van der Waals surface area contributed by atoms with Gasteiger partial charge in [0.25, 0.3) is 0 Å². The van der Waals surface area contributed by atoms with Crippen LogP contribution in [0.15, 0.2) is 46.6 Å². The van der Waals surface area contributed by atoms with Crippen molar-refractivity contribution in [1.82, 2.24) is 9.97 Å². The van der Waals surface area contributed by atoms with Crippen LogP contribution in [0.2, 0.25) is 0 Å². The molecule has 2 N–H and O–H groups in total. The van der Waals surface area contributed by atoms with Gasteiger partial charge < -0.3 is 5.73 Å². The lowest BCUT2D eigenvalue weighted by Gasteiger charge is -2.06. The van der Waals surface area contributed by atoms with E-state index in [4.69, 9.17) is 5.73 Å². The van der Waals surface area contributed by atoms with Gasteiger partial charge in [-0.3, -0.25) is 0 Å². The van der Waals surface area contributed by atoms with E-state index in [9.17, 15) is 13.2 Å². The van der Waals surface area contributed by atoms with Crippen LogP contribution in [0, 0.1) is 0 Å². The van der Waals surface area contributed by atoms with Gasteiger partial charge in [-0.05, 0) is 42.1 Å². The fraction of sp³-hybridized carbons (Fsp3) is 0.0909. The molecular weight excluding hydrogens is 263 g/mol. The van der Waals surface area contributed by atoms with Crippen molar-refractivity contribution in [3.05, 3.63) is 42.2 Å². The summed E-state index contributed by atoms with van der Waals surface area (Å²) in [5, 5.41) is 0.0506. The maximum Gasteiger partial charge on any atom is 0.433 e. The molecule has 3 nitrogen and oxygen atoms in total. The summed E-state index contributed by atoms with van der Waals surface area (Å²) >= 11 is 1.05. The highest BCUT2D eigenvalue weighted by atomic mass is 32.2. The summed E-state index contributed by atoms with van der Waals surface area (Å²) in [4.78, 5) is 7.97. The van der Waals surface area contributed by atoms with Gasteiger partial charge in [-0.15, -0.1) is 0 Å². The molecule has 2 aromatic rings. The van der Waals surface area contributed by atoms with Gasteiger partial charge in [-0.1, -0.05) is 0 Å². The largest absolute Gasteiger partial charge is 0.433 e. The summed E-state index contributed by atoms with van der Waals surface area (Å²) in [6.07, 6.45) is -3.37. The average molecular weight is 271 g/mol. The zero-order chi connectivity index (χ0) is 13.2. The SMILES string of the molecule is Nc1ccc(Sc2nccc(C(F)(F)F)n2)cc1. The van der Waals surface area contributed by atoms with E-state index in [1.54, 1.807) is 24.3 Å². The zero-order valence-corrected chi connectivity index (χ0v) is 9.79. The molecule has 18 heavy (non-hydrogen) atoms. The van der Waals surface area contributed by atoms with Crippen LogP contribution >= 0.6 is 11.8 Å². The first-order valence-electron chi connectivity index (χ1n) is 4.89. The van der Waals surface area contributed by atoms with Crippen LogP contribution in [0.25, 0.3) is 0 Å². The zero-order valence-electron chi connectivity index (χ0n) is 8.98. The standard InChI is InChI=1S/C11H8F3N3S/c12-11(13,14)9-5-6-16-10(17-9)18-8-3-1-7(15)2-4-8/h1-6H,15H2. The van der Waals surface area contributed by atoms with Crippen LogP contribution in [0.3, 0.4) is 0 Å². The lowest BCUT2D eigenvalue weighted by molar-refractivity contribution is -0.141. The highest BCUT2D eigenvalue weighted by Gasteiger charge is 2.32. The minimum atomic E-state index is -4.46. The highest BCUT2D eigenvalue weighted by Crippen LogP contribution is 2.30. The van der Waals surface area contributed by atoms with Gasteiger partial charge in [0, 0.05) is 16.8 Å². The quantitative estimate of drug-likeness (QED) is 0.673. The average Bonchev–Trinajstić information content (AvgIpc) is 2.31. The molecule has 1 heterocycles. The molecule has 0 spiro atoms. The van der Waals surface area contributed by atoms with Crippen molar-refractivity contribution in [3.8, 4) is 0 Å². The number of halogens is 3. The van der Waals surface area contributed by atoms with Gasteiger partial charge in [0.1, 0.15) is 5.69 Å². The van der Waals surface area contributed by atoms with Crippen LogP contribution in [0.5, 0.6) is 0 Å². The van der Waals surface area contributed by atoms with E-state index in [1.165, 1.54) is 0 Å². The van der Waals surface area contributed by atoms with Gasteiger partial charge in [0.05, 0.1) is 0 Å². The summed E-state index contributed by atoms with van der Waals surface area (Å²) in [6.45, 7) is 0. The second-order valence-electron chi connectivity index (χ2n) is 3.39. The highest BCUT2D eigenvalue weighted by molar-refractivity contribution is 7.99. The third kappa shape index (κ3) is 3.13. The van der Waals surface area contributed by atoms with Gasteiger partial charge >= 0.3 is 6.18 Å². The van der Waals surface area contributed by atoms with Crippen molar-refractivity contribution >= 4 is 17.4 Å². The normalized spacial score (nSPS) is 11.5. The van der Waals surface area contributed by atoms with Crippen molar-refractivity contribution in [2.75, 3.05) is 5.73 Å². The third-order valence-electron chi connectivity index (χ3n) is 2.01. The fourth-order valence-corrected chi connectivity index (χ4v) is 1.93. The first-order chi connectivity index (χ1) is 8.45. The summed E-state index contributed by atoms with van der Waals surface area (Å²) in [5.41, 5.74) is 5.15. The number of nitrogen functional groups attached to an aromatic ring is 1. The summed E-state index contributed by atoms with van der Waals surface area (Å²) in [7, 11) is 0. The number of benzene rings is 1. The van der Waals surface area contributed by atoms with E-state index in [0.29, 0.717) is 5.69 Å². The number of anilines is 1. The summed E-state index contributed by atoms with van der Waals surface area (Å²) in [5.74, 6) is 0. The van der Waals surface area contributed by atoms with Crippen molar-refractivity contribution in [2.24, 2.45) is 0 Å². The first-order valence-corrected chi connectivity index (χ1v) is 5.70. The molecule has 0 aliphatic rings. The first kappa shape index (κ1) is 12.7. The van der Waals surface area contributed by atoms with Crippen LogP contribution in [-0.4, -0.2) is 9.97 Å². The van der Waals surface area contributed by atoms with Crippen molar-refractivity contribution in [3.63, 3.8) is 0 Å². The summed E-state index contributed by atoms with van der Waals surface area (Å²) < 4.78 is 37.3. The van der Waals surface area contributed by atoms with Gasteiger partial charge in [-0.25, -0.2) is 9.97 Å². The molecule has 94 valence electrons. The molecule has 0 saturated carbocycles. The fourth-order valence-electron chi connectivity index (χ4n) is 1.19. The van der Waals surface area contributed by atoms with E-state index in [2.05, 4.69) is 9.97 Å². The Morgan fingerprint density at radius 3 is 2.33 bits per heavy atom. The molecule has 1 aromatic carbocycles. The van der Waals surface area contributed by atoms with E-state index >= 15 is 0 Å². The molecule has 1 aromatic heterocycles. The molecule has 0 radical (unpaired) electrons. The summed E-state index contributed by atoms with van der Waals surface area (Å²) in [6, 6.07) is 7.56. The third-order valence-corrected chi connectivity index (χ3v) is 2.90. The molecule has 7 heteroatoms. The number of nitrogens with two attached hydrogens (primary N) is 1. The number of aromatic nitrogens is 2. The molecular formula is C11H8F3N3S. The minimum Gasteiger partial charge on any atom is -0.399 e. The van der Waals surface area contributed by atoms with Crippen LogP contribution in [-0.2, 0) is 6.18 Å².